The summed E-state index contributed by atoms with van der Waals surface area (Å²) >= 11 is 0. The number of piperidine rings is 1. The zero-order chi connectivity index (χ0) is 22.1. The number of hydrogen-bond acceptors (Lipinski definition) is 6. The van der Waals surface area contributed by atoms with Crippen molar-refractivity contribution < 1.29 is 14.4 Å². The monoisotopic (exact) mass is 434 g/mol. The van der Waals surface area contributed by atoms with E-state index < -0.39 is 6.04 Å². The number of nitrogens with one attached hydrogen (secondary N) is 2. The third-order valence-corrected chi connectivity index (χ3v) is 6.23. The second-order valence-electron chi connectivity index (χ2n) is 8.55. The summed E-state index contributed by atoms with van der Waals surface area (Å²) in [4.78, 5) is 50.7. The van der Waals surface area contributed by atoms with Crippen LogP contribution in [-0.4, -0.2) is 64.3 Å². The van der Waals surface area contributed by atoms with E-state index in [0.717, 1.165) is 32.2 Å². The lowest BCUT2D eigenvalue weighted by Crippen LogP contribution is -2.51. The highest BCUT2D eigenvalue weighted by atomic mass is 16.2. The van der Waals surface area contributed by atoms with Crippen LogP contribution in [0.1, 0.15) is 47.6 Å². The maximum Gasteiger partial charge on any atom is 0.255 e. The van der Waals surface area contributed by atoms with Crippen molar-refractivity contribution in [3.63, 3.8) is 0 Å². The first kappa shape index (κ1) is 20.4. The Morgan fingerprint density at radius 2 is 1.84 bits per heavy atom. The lowest BCUT2D eigenvalue weighted by Gasteiger charge is -2.33. The minimum Gasteiger partial charge on any atom is -0.350 e. The van der Waals surface area contributed by atoms with Crippen molar-refractivity contribution in [1.82, 2.24) is 25.5 Å². The van der Waals surface area contributed by atoms with Crippen LogP contribution < -0.4 is 15.5 Å². The number of carbonyl (C=O) groups is 3. The van der Waals surface area contributed by atoms with Gasteiger partial charge in [-0.3, -0.25) is 14.4 Å². The molecule has 1 aromatic heterocycles. The summed E-state index contributed by atoms with van der Waals surface area (Å²) in [6.45, 7) is 1.35. The zero-order valence-corrected chi connectivity index (χ0v) is 17.7. The van der Waals surface area contributed by atoms with Gasteiger partial charge in [-0.2, -0.15) is 0 Å². The molecular weight excluding hydrogens is 408 g/mol. The van der Waals surface area contributed by atoms with Crippen molar-refractivity contribution in [2.24, 2.45) is 0 Å². The Bertz CT molecular complexity index is 1030. The van der Waals surface area contributed by atoms with Crippen LogP contribution in [0.25, 0.3) is 0 Å². The maximum absolute atomic E-state index is 13.0. The highest BCUT2D eigenvalue weighted by Gasteiger charge is 2.47. The first-order valence-electron chi connectivity index (χ1n) is 11.1. The average Bonchev–Trinajstić information content (AvgIpc) is 3.62. The smallest absolute Gasteiger partial charge is 0.255 e. The van der Waals surface area contributed by atoms with Gasteiger partial charge >= 0.3 is 0 Å². The van der Waals surface area contributed by atoms with Crippen LogP contribution in [0, 0.1) is 0 Å². The van der Waals surface area contributed by atoms with E-state index in [2.05, 4.69) is 25.5 Å². The molecule has 2 fully saturated rings. The molecule has 9 heteroatoms. The molecule has 2 N–H and O–H groups in total. The minimum atomic E-state index is -0.667. The molecular formula is C23H26N6O3. The van der Waals surface area contributed by atoms with Crippen molar-refractivity contribution in [2.45, 2.75) is 43.8 Å². The largest absolute Gasteiger partial charge is 0.350 e. The summed E-state index contributed by atoms with van der Waals surface area (Å²) < 4.78 is 0. The van der Waals surface area contributed by atoms with E-state index in [1.165, 1.54) is 0 Å². The first-order chi connectivity index (χ1) is 15.6. The van der Waals surface area contributed by atoms with Crippen LogP contribution >= 0.6 is 0 Å². The summed E-state index contributed by atoms with van der Waals surface area (Å²) in [7, 11) is 0. The van der Waals surface area contributed by atoms with Crippen LogP contribution in [0.2, 0.25) is 0 Å². The molecule has 0 radical (unpaired) electrons. The van der Waals surface area contributed by atoms with Gasteiger partial charge in [-0.1, -0.05) is 18.2 Å². The number of benzene rings is 1. The Labute approximate surface area is 186 Å². The molecule has 9 nitrogen and oxygen atoms in total. The molecule has 1 aliphatic carbocycles. The highest BCUT2D eigenvalue weighted by Crippen LogP contribution is 2.41. The quantitative estimate of drug-likeness (QED) is 0.703. The topological polar surface area (TPSA) is 108 Å². The lowest BCUT2D eigenvalue weighted by atomic mass is 10.0. The molecule has 1 saturated heterocycles. The molecule has 2 unspecified atom stereocenters. The van der Waals surface area contributed by atoms with E-state index >= 15 is 0 Å². The number of rotatable bonds is 6. The zero-order valence-electron chi connectivity index (χ0n) is 17.7. The normalized spacial score (nSPS) is 22.4. The average molecular weight is 435 g/mol. The van der Waals surface area contributed by atoms with Gasteiger partial charge < -0.3 is 20.4 Å². The molecule has 1 saturated carbocycles. The van der Waals surface area contributed by atoms with Crippen LogP contribution in [0.5, 0.6) is 0 Å². The van der Waals surface area contributed by atoms with Crippen molar-refractivity contribution in [3.8, 4) is 0 Å². The van der Waals surface area contributed by atoms with Gasteiger partial charge in [0.25, 0.3) is 5.91 Å². The first-order valence-corrected chi connectivity index (χ1v) is 11.1. The second kappa shape index (κ2) is 8.57. The van der Waals surface area contributed by atoms with Crippen molar-refractivity contribution in [1.29, 1.82) is 0 Å². The molecule has 166 valence electrons. The third-order valence-electron chi connectivity index (χ3n) is 6.23. The van der Waals surface area contributed by atoms with E-state index in [0.29, 0.717) is 23.6 Å². The van der Waals surface area contributed by atoms with Gasteiger partial charge in [-0.25, -0.2) is 9.97 Å². The standard InChI is InChI=1S/C23H26N6O3/c30-19(27-15-5-3-12-28(14-15)23-24-10-4-11-25-23)13-26-21(31)20-17-6-1-2-7-18(17)22(32)29(20)16-8-9-16/h1-2,4,6-7,10-11,15-16,20H,3,5,8-9,12-14H2,(H,26,31)(H,27,30). The summed E-state index contributed by atoms with van der Waals surface area (Å²) in [6, 6.07) is 8.40. The molecule has 3 heterocycles. The van der Waals surface area contributed by atoms with Gasteiger partial charge in [-0.05, 0) is 43.4 Å². The van der Waals surface area contributed by atoms with E-state index in [4.69, 9.17) is 0 Å². The number of fused-ring (bicyclic) bond motifs is 1. The fraction of sp³-hybridized carbons (Fsp3) is 0.435. The number of anilines is 1. The van der Waals surface area contributed by atoms with Crippen LogP contribution in [0.4, 0.5) is 5.95 Å². The molecule has 3 aliphatic rings. The number of aromatic nitrogens is 2. The summed E-state index contributed by atoms with van der Waals surface area (Å²) in [5.41, 5.74) is 1.29. The van der Waals surface area contributed by atoms with Gasteiger partial charge in [0.1, 0.15) is 6.04 Å². The number of carbonyl (C=O) groups excluding carboxylic acids is 3. The number of amides is 3. The number of nitrogens with zero attached hydrogens (tertiary/aromatic N) is 4. The summed E-state index contributed by atoms with van der Waals surface area (Å²) in [5.74, 6) is 0.00526. The molecule has 2 aliphatic heterocycles. The Balaban J connectivity index is 1.18. The Kier molecular flexibility index (Phi) is 5.46. The van der Waals surface area contributed by atoms with Crippen LogP contribution in [0.3, 0.4) is 0 Å². The van der Waals surface area contributed by atoms with Crippen LogP contribution in [-0.2, 0) is 9.59 Å². The Morgan fingerprint density at radius 3 is 2.62 bits per heavy atom. The highest BCUT2D eigenvalue weighted by molar-refractivity contribution is 6.05. The van der Waals surface area contributed by atoms with Gasteiger partial charge in [-0.15, -0.1) is 0 Å². The van der Waals surface area contributed by atoms with Gasteiger partial charge in [0.15, 0.2) is 0 Å². The van der Waals surface area contributed by atoms with Crippen molar-refractivity contribution in [3.05, 3.63) is 53.9 Å². The van der Waals surface area contributed by atoms with Crippen LogP contribution in [0.15, 0.2) is 42.7 Å². The molecule has 3 amide bonds. The minimum absolute atomic E-state index is 0.0336. The molecule has 2 aromatic rings. The lowest BCUT2D eigenvalue weighted by molar-refractivity contribution is -0.129. The fourth-order valence-corrected chi connectivity index (χ4v) is 4.61. The predicted molar refractivity (Wildman–Crippen MR) is 117 cm³/mol. The van der Waals surface area contributed by atoms with Gasteiger partial charge in [0.2, 0.25) is 17.8 Å². The van der Waals surface area contributed by atoms with Gasteiger partial charge in [0, 0.05) is 43.1 Å². The molecule has 1 aromatic carbocycles. The molecule has 0 bridgehead atoms. The van der Waals surface area contributed by atoms with E-state index in [1.807, 2.05) is 18.2 Å². The molecule has 32 heavy (non-hydrogen) atoms. The van der Waals surface area contributed by atoms with E-state index in [9.17, 15) is 14.4 Å². The molecule has 5 rings (SSSR count). The maximum atomic E-state index is 13.0. The SMILES string of the molecule is O=C(CNC(=O)C1c2ccccc2C(=O)N1C1CC1)NC1CCCN(c2ncccn2)C1. The third kappa shape index (κ3) is 4.02. The number of hydrogen-bond donors (Lipinski definition) is 2. The fourth-order valence-electron chi connectivity index (χ4n) is 4.61. The second-order valence-corrected chi connectivity index (χ2v) is 8.55. The predicted octanol–water partition coefficient (Wildman–Crippen LogP) is 1.04. The van der Waals surface area contributed by atoms with Crippen molar-refractivity contribution >= 4 is 23.7 Å². The van der Waals surface area contributed by atoms with E-state index in [1.54, 1.807) is 29.4 Å². The summed E-state index contributed by atoms with van der Waals surface area (Å²) in [5, 5.41) is 5.76. The molecule has 0 spiro atoms. The molecule has 2 atom stereocenters. The van der Waals surface area contributed by atoms with Crippen molar-refractivity contribution in [2.75, 3.05) is 24.5 Å². The summed E-state index contributed by atoms with van der Waals surface area (Å²) in [6.07, 6.45) is 7.02. The van der Waals surface area contributed by atoms with Gasteiger partial charge in [0.05, 0.1) is 6.54 Å². The van der Waals surface area contributed by atoms with E-state index in [-0.39, 0.29) is 36.3 Å². The Hall–Kier alpha value is -3.49. The Morgan fingerprint density at radius 1 is 1.06 bits per heavy atom.